The molecular weight excluding hydrogens is 321 g/mol. The van der Waals surface area contributed by atoms with E-state index < -0.39 is 20.7 Å². The molecule has 0 fully saturated rings. The predicted octanol–water partition coefficient (Wildman–Crippen LogP) is 3.26. The summed E-state index contributed by atoms with van der Waals surface area (Å²) in [7, 11) is -1.40. The third kappa shape index (κ3) is 3.39. The van der Waals surface area contributed by atoms with Gasteiger partial charge in [0.05, 0.1) is 19.9 Å². The van der Waals surface area contributed by atoms with Gasteiger partial charge in [-0.25, -0.2) is 12.8 Å². The average molecular weight is 339 g/mol. The maximum absolute atomic E-state index is 14.2. The number of rotatable bonds is 5. The van der Waals surface area contributed by atoms with E-state index in [0.717, 1.165) is 23.3 Å². The number of ether oxygens (including phenoxy) is 2. The fourth-order valence-corrected chi connectivity index (χ4v) is 3.30. The van der Waals surface area contributed by atoms with Crippen molar-refractivity contribution in [3.8, 4) is 11.5 Å². The first-order valence-corrected chi connectivity index (χ1v) is 8.29. The van der Waals surface area contributed by atoms with Gasteiger partial charge in [0.1, 0.15) is 10.7 Å². The van der Waals surface area contributed by atoms with Crippen LogP contribution in [0.5, 0.6) is 11.5 Å². The first-order chi connectivity index (χ1) is 10.8. The van der Waals surface area contributed by atoms with Gasteiger partial charge in [0.15, 0.2) is 11.5 Å². The van der Waals surface area contributed by atoms with Gasteiger partial charge in [-0.15, -0.1) is 0 Å². The lowest BCUT2D eigenvalue weighted by atomic mass is 10.1. The van der Waals surface area contributed by atoms with E-state index in [9.17, 15) is 12.8 Å². The van der Waals surface area contributed by atoms with E-state index >= 15 is 0 Å². The van der Waals surface area contributed by atoms with Crippen molar-refractivity contribution >= 4 is 15.7 Å². The van der Waals surface area contributed by atoms with E-state index in [2.05, 4.69) is 4.72 Å². The van der Waals surface area contributed by atoms with Crippen molar-refractivity contribution in [2.24, 2.45) is 0 Å². The fraction of sp³-hybridized carbons (Fsp3) is 0.250. The van der Waals surface area contributed by atoms with Crippen LogP contribution in [0, 0.1) is 19.7 Å². The highest BCUT2D eigenvalue weighted by Gasteiger charge is 2.23. The second-order valence-corrected chi connectivity index (χ2v) is 6.64. The maximum Gasteiger partial charge on any atom is 0.264 e. The van der Waals surface area contributed by atoms with Gasteiger partial charge < -0.3 is 9.47 Å². The highest BCUT2D eigenvalue weighted by atomic mass is 32.2. The molecule has 5 nitrogen and oxygen atoms in total. The molecule has 2 aromatic rings. The molecule has 0 radical (unpaired) electrons. The van der Waals surface area contributed by atoms with Crippen LogP contribution in [0.4, 0.5) is 10.1 Å². The van der Waals surface area contributed by atoms with Crippen LogP contribution >= 0.6 is 0 Å². The summed E-state index contributed by atoms with van der Waals surface area (Å²) < 4.78 is 51.6. The molecule has 0 spiro atoms. The molecule has 0 heterocycles. The van der Waals surface area contributed by atoms with E-state index in [1.54, 1.807) is 19.1 Å². The Morgan fingerprint density at radius 2 is 1.65 bits per heavy atom. The second-order valence-electron chi connectivity index (χ2n) is 4.99. The number of benzene rings is 2. The third-order valence-corrected chi connectivity index (χ3v) is 4.96. The lowest BCUT2D eigenvalue weighted by Gasteiger charge is -2.14. The molecule has 2 aromatic carbocycles. The van der Waals surface area contributed by atoms with Crippen molar-refractivity contribution in [1.82, 2.24) is 0 Å². The molecule has 23 heavy (non-hydrogen) atoms. The van der Waals surface area contributed by atoms with Crippen LogP contribution in [0.1, 0.15) is 11.1 Å². The first kappa shape index (κ1) is 17.1. The number of sulfonamides is 1. The van der Waals surface area contributed by atoms with Gasteiger partial charge in [-0.05, 0) is 31.0 Å². The Kier molecular flexibility index (Phi) is 4.79. The Bertz CT molecular complexity index is 834. The van der Waals surface area contributed by atoms with Crippen molar-refractivity contribution < 1.29 is 22.3 Å². The number of hydrogen-bond donors (Lipinski definition) is 1. The van der Waals surface area contributed by atoms with Crippen LogP contribution in [0.25, 0.3) is 0 Å². The molecule has 2 rings (SSSR count). The van der Waals surface area contributed by atoms with Gasteiger partial charge in [-0.1, -0.05) is 12.1 Å². The number of anilines is 1. The quantitative estimate of drug-likeness (QED) is 0.908. The summed E-state index contributed by atoms with van der Waals surface area (Å²) in [6.45, 7) is 3.66. The zero-order valence-electron chi connectivity index (χ0n) is 13.3. The predicted molar refractivity (Wildman–Crippen MR) is 86.2 cm³/mol. The molecule has 0 aliphatic heterocycles. The molecule has 0 aliphatic carbocycles. The number of methoxy groups -OCH3 is 2. The first-order valence-electron chi connectivity index (χ1n) is 6.80. The number of hydrogen-bond acceptors (Lipinski definition) is 4. The molecule has 0 aromatic heterocycles. The molecule has 1 N–H and O–H groups in total. The van der Waals surface area contributed by atoms with Crippen LogP contribution < -0.4 is 14.2 Å². The smallest absolute Gasteiger partial charge is 0.264 e. The lowest BCUT2D eigenvalue weighted by Crippen LogP contribution is -2.16. The monoisotopic (exact) mass is 339 g/mol. The van der Waals surface area contributed by atoms with Crippen molar-refractivity contribution in [3.63, 3.8) is 0 Å². The SMILES string of the molecule is COc1cc(F)c(S(=O)(=O)Nc2cccc(C)c2C)cc1OC. The molecule has 0 saturated carbocycles. The Labute approximate surface area is 135 Å². The van der Waals surface area contributed by atoms with E-state index in [1.165, 1.54) is 14.2 Å². The summed E-state index contributed by atoms with van der Waals surface area (Å²) >= 11 is 0. The highest BCUT2D eigenvalue weighted by Crippen LogP contribution is 2.33. The summed E-state index contributed by atoms with van der Waals surface area (Å²) in [4.78, 5) is -0.504. The highest BCUT2D eigenvalue weighted by molar-refractivity contribution is 7.92. The van der Waals surface area contributed by atoms with Gasteiger partial charge in [0.25, 0.3) is 10.0 Å². The van der Waals surface area contributed by atoms with E-state index in [4.69, 9.17) is 9.47 Å². The zero-order valence-corrected chi connectivity index (χ0v) is 14.1. The standard InChI is InChI=1S/C16H18FNO4S/c1-10-6-5-7-13(11(10)2)18-23(19,20)16-9-15(22-4)14(21-3)8-12(16)17/h5-9,18H,1-4H3. The van der Waals surface area contributed by atoms with Crippen LogP contribution in [0.3, 0.4) is 0 Å². The largest absolute Gasteiger partial charge is 0.493 e. The molecule has 0 bridgehead atoms. The number of nitrogens with one attached hydrogen (secondary N) is 1. The van der Waals surface area contributed by atoms with Crippen LogP contribution in [0.2, 0.25) is 0 Å². The van der Waals surface area contributed by atoms with Crippen LogP contribution in [0.15, 0.2) is 35.2 Å². The van der Waals surface area contributed by atoms with E-state index in [-0.39, 0.29) is 11.5 Å². The third-order valence-electron chi connectivity index (χ3n) is 3.58. The van der Waals surface area contributed by atoms with Crippen molar-refractivity contribution in [1.29, 1.82) is 0 Å². The van der Waals surface area contributed by atoms with Gasteiger partial charge >= 0.3 is 0 Å². The number of aryl methyl sites for hydroxylation is 1. The summed E-state index contributed by atoms with van der Waals surface area (Å²) in [5.41, 5.74) is 2.11. The normalized spacial score (nSPS) is 11.2. The Balaban J connectivity index is 2.50. The molecule has 7 heteroatoms. The molecule has 124 valence electrons. The minimum absolute atomic E-state index is 0.121. The molecule has 0 aliphatic rings. The topological polar surface area (TPSA) is 64.6 Å². The van der Waals surface area contributed by atoms with Crippen molar-refractivity contribution in [2.45, 2.75) is 18.7 Å². The zero-order chi connectivity index (χ0) is 17.2. The summed E-state index contributed by atoms with van der Waals surface area (Å²) in [5.74, 6) is -0.661. The lowest BCUT2D eigenvalue weighted by molar-refractivity contribution is 0.350. The summed E-state index contributed by atoms with van der Waals surface area (Å²) in [6, 6.07) is 7.30. The molecule has 0 unspecified atom stereocenters. The van der Waals surface area contributed by atoms with Crippen LogP contribution in [-0.4, -0.2) is 22.6 Å². The summed E-state index contributed by atoms with van der Waals surface area (Å²) in [5, 5.41) is 0. The molecule has 0 saturated heterocycles. The van der Waals surface area contributed by atoms with E-state index in [0.29, 0.717) is 5.69 Å². The number of halogens is 1. The average Bonchev–Trinajstić information content (AvgIpc) is 2.51. The van der Waals surface area contributed by atoms with Crippen molar-refractivity contribution in [2.75, 3.05) is 18.9 Å². The van der Waals surface area contributed by atoms with Gasteiger partial charge in [0, 0.05) is 12.1 Å². The Morgan fingerprint density at radius 3 is 2.26 bits per heavy atom. The Hall–Kier alpha value is -2.28. The van der Waals surface area contributed by atoms with Crippen LogP contribution in [-0.2, 0) is 10.0 Å². The maximum atomic E-state index is 14.2. The van der Waals surface area contributed by atoms with Gasteiger partial charge in [-0.2, -0.15) is 0 Å². The fourth-order valence-electron chi connectivity index (χ4n) is 2.10. The minimum atomic E-state index is -4.10. The Morgan fingerprint density at radius 1 is 1.04 bits per heavy atom. The van der Waals surface area contributed by atoms with E-state index in [1.807, 2.05) is 13.0 Å². The van der Waals surface area contributed by atoms with Gasteiger partial charge in [-0.3, -0.25) is 4.72 Å². The minimum Gasteiger partial charge on any atom is -0.493 e. The van der Waals surface area contributed by atoms with Crippen molar-refractivity contribution in [3.05, 3.63) is 47.3 Å². The van der Waals surface area contributed by atoms with Gasteiger partial charge in [0.2, 0.25) is 0 Å². The second kappa shape index (κ2) is 6.45. The molecule has 0 atom stereocenters. The molecule has 0 amide bonds. The summed E-state index contributed by atoms with van der Waals surface area (Å²) in [6.07, 6.45) is 0. The molecular formula is C16H18FNO4S.